The van der Waals surface area contributed by atoms with Crippen LogP contribution in [-0.2, 0) is 6.54 Å². The van der Waals surface area contributed by atoms with Crippen molar-refractivity contribution in [2.45, 2.75) is 45.2 Å². The van der Waals surface area contributed by atoms with Crippen LogP contribution in [0.2, 0.25) is 0 Å². The van der Waals surface area contributed by atoms with E-state index in [1.165, 1.54) is 18.9 Å². The topological polar surface area (TPSA) is 35.5 Å². The second kappa shape index (κ2) is 7.60. The van der Waals surface area contributed by atoms with Gasteiger partial charge in [-0.15, -0.1) is 0 Å². The van der Waals surface area contributed by atoms with Crippen molar-refractivity contribution in [3.63, 3.8) is 0 Å². The van der Waals surface area contributed by atoms with Crippen LogP contribution < -0.4 is 10.2 Å². The standard InChI is InChI=1S/C16H25FN2O/c1-13(6-5-11-20)18-12-14-15(17)7-4-8-16(14)19-9-2-3-10-19/h4,7-8,13,18,20H,2-3,5-6,9-12H2,1H3. The van der Waals surface area contributed by atoms with Gasteiger partial charge in [-0.3, -0.25) is 0 Å². The molecule has 2 N–H and O–H groups in total. The van der Waals surface area contributed by atoms with E-state index in [-0.39, 0.29) is 18.5 Å². The Kier molecular flexibility index (Phi) is 5.80. The Morgan fingerprint density at radius 2 is 2.10 bits per heavy atom. The van der Waals surface area contributed by atoms with Gasteiger partial charge in [0.2, 0.25) is 0 Å². The molecule has 20 heavy (non-hydrogen) atoms. The number of benzene rings is 1. The van der Waals surface area contributed by atoms with Gasteiger partial charge in [0.05, 0.1) is 0 Å². The maximum Gasteiger partial charge on any atom is 0.129 e. The molecule has 1 aromatic carbocycles. The van der Waals surface area contributed by atoms with Gasteiger partial charge in [-0.05, 0) is 44.7 Å². The molecule has 1 aliphatic rings. The predicted molar refractivity (Wildman–Crippen MR) is 80.5 cm³/mol. The fourth-order valence-electron chi connectivity index (χ4n) is 2.75. The fraction of sp³-hybridized carbons (Fsp3) is 0.625. The number of anilines is 1. The summed E-state index contributed by atoms with van der Waals surface area (Å²) >= 11 is 0. The third-order valence-corrected chi connectivity index (χ3v) is 3.96. The number of nitrogens with zero attached hydrogens (tertiary/aromatic N) is 1. The molecule has 3 nitrogen and oxygen atoms in total. The summed E-state index contributed by atoms with van der Waals surface area (Å²) in [6, 6.07) is 5.63. The van der Waals surface area contributed by atoms with Crippen LogP contribution in [0.5, 0.6) is 0 Å². The maximum atomic E-state index is 14.1. The van der Waals surface area contributed by atoms with Gasteiger partial charge in [0.25, 0.3) is 0 Å². The highest BCUT2D eigenvalue weighted by atomic mass is 19.1. The molecular formula is C16H25FN2O. The Morgan fingerprint density at radius 1 is 1.35 bits per heavy atom. The van der Waals surface area contributed by atoms with Gasteiger partial charge in [-0.25, -0.2) is 4.39 Å². The molecule has 0 bridgehead atoms. The zero-order chi connectivity index (χ0) is 14.4. The zero-order valence-electron chi connectivity index (χ0n) is 12.2. The van der Waals surface area contributed by atoms with Crippen LogP contribution in [-0.4, -0.2) is 30.8 Å². The molecule has 112 valence electrons. The molecule has 1 heterocycles. The van der Waals surface area contributed by atoms with E-state index in [4.69, 9.17) is 5.11 Å². The van der Waals surface area contributed by atoms with E-state index in [1.54, 1.807) is 6.07 Å². The molecule has 0 spiro atoms. The molecule has 1 unspecified atom stereocenters. The number of hydrogen-bond donors (Lipinski definition) is 2. The predicted octanol–water partition coefficient (Wildman–Crippen LogP) is 2.68. The van der Waals surface area contributed by atoms with E-state index >= 15 is 0 Å². The van der Waals surface area contributed by atoms with E-state index in [0.717, 1.165) is 37.2 Å². The summed E-state index contributed by atoms with van der Waals surface area (Å²) in [5.41, 5.74) is 1.80. The van der Waals surface area contributed by atoms with E-state index in [0.29, 0.717) is 6.54 Å². The highest BCUT2D eigenvalue weighted by Gasteiger charge is 2.18. The Balaban J connectivity index is 2.02. The molecule has 0 saturated carbocycles. The van der Waals surface area contributed by atoms with Crippen molar-refractivity contribution in [1.29, 1.82) is 0 Å². The summed E-state index contributed by atoms with van der Waals surface area (Å²) in [5.74, 6) is -0.128. The lowest BCUT2D eigenvalue weighted by Gasteiger charge is -2.23. The molecule has 1 atom stereocenters. The number of halogens is 1. The number of nitrogens with one attached hydrogen (secondary N) is 1. The average molecular weight is 280 g/mol. The van der Waals surface area contributed by atoms with Gasteiger partial charge in [0, 0.05) is 43.5 Å². The highest BCUT2D eigenvalue weighted by Crippen LogP contribution is 2.26. The maximum absolute atomic E-state index is 14.1. The summed E-state index contributed by atoms with van der Waals surface area (Å²) in [6.45, 7) is 4.88. The minimum absolute atomic E-state index is 0.128. The van der Waals surface area contributed by atoms with Gasteiger partial charge >= 0.3 is 0 Å². The second-order valence-electron chi connectivity index (χ2n) is 5.58. The van der Waals surface area contributed by atoms with Crippen LogP contribution in [0.3, 0.4) is 0 Å². The first kappa shape index (κ1) is 15.3. The van der Waals surface area contributed by atoms with Crippen molar-refractivity contribution in [3.8, 4) is 0 Å². The lowest BCUT2D eigenvalue weighted by Crippen LogP contribution is -2.28. The molecule has 4 heteroatoms. The summed E-state index contributed by atoms with van der Waals surface area (Å²) < 4.78 is 14.1. The van der Waals surface area contributed by atoms with Crippen LogP contribution in [0.25, 0.3) is 0 Å². The third kappa shape index (κ3) is 3.93. The van der Waals surface area contributed by atoms with Gasteiger partial charge < -0.3 is 15.3 Å². The van der Waals surface area contributed by atoms with Gasteiger partial charge in [-0.2, -0.15) is 0 Å². The first-order valence-electron chi connectivity index (χ1n) is 7.59. The highest BCUT2D eigenvalue weighted by molar-refractivity contribution is 5.54. The molecule has 2 rings (SSSR count). The summed E-state index contributed by atoms with van der Waals surface area (Å²) in [6.07, 6.45) is 4.07. The average Bonchev–Trinajstić information content (AvgIpc) is 2.97. The minimum atomic E-state index is -0.128. The fourth-order valence-corrected chi connectivity index (χ4v) is 2.75. The first-order valence-corrected chi connectivity index (χ1v) is 7.59. The monoisotopic (exact) mass is 280 g/mol. The number of aliphatic hydroxyl groups is 1. The normalized spacial score (nSPS) is 16.6. The third-order valence-electron chi connectivity index (χ3n) is 3.96. The molecular weight excluding hydrogens is 255 g/mol. The Hall–Kier alpha value is -1.13. The number of rotatable bonds is 7. The Morgan fingerprint density at radius 3 is 2.80 bits per heavy atom. The number of hydrogen-bond acceptors (Lipinski definition) is 3. The van der Waals surface area contributed by atoms with Crippen molar-refractivity contribution < 1.29 is 9.50 Å². The smallest absolute Gasteiger partial charge is 0.129 e. The quantitative estimate of drug-likeness (QED) is 0.806. The van der Waals surface area contributed by atoms with Crippen LogP contribution in [0, 0.1) is 5.82 Å². The summed E-state index contributed by atoms with van der Waals surface area (Å²) in [7, 11) is 0. The van der Waals surface area contributed by atoms with Crippen LogP contribution in [0.4, 0.5) is 10.1 Å². The summed E-state index contributed by atoms with van der Waals surface area (Å²) in [5, 5.41) is 12.2. The molecule has 1 saturated heterocycles. The molecule has 1 fully saturated rings. The molecule has 1 aromatic rings. The molecule has 0 amide bonds. The van der Waals surface area contributed by atoms with Crippen molar-refractivity contribution in [3.05, 3.63) is 29.6 Å². The van der Waals surface area contributed by atoms with Gasteiger partial charge in [0.1, 0.15) is 5.82 Å². The summed E-state index contributed by atoms with van der Waals surface area (Å²) in [4.78, 5) is 2.28. The van der Waals surface area contributed by atoms with E-state index < -0.39 is 0 Å². The SMILES string of the molecule is CC(CCCO)NCc1c(F)cccc1N1CCCC1. The van der Waals surface area contributed by atoms with Crippen LogP contribution >= 0.6 is 0 Å². The van der Waals surface area contributed by atoms with Crippen molar-refractivity contribution in [1.82, 2.24) is 5.32 Å². The molecule has 0 aliphatic carbocycles. The largest absolute Gasteiger partial charge is 0.396 e. The molecule has 1 aliphatic heterocycles. The second-order valence-corrected chi connectivity index (χ2v) is 5.58. The minimum Gasteiger partial charge on any atom is -0.396 e. The van der Waals surface area contributed by atoms with Gasteiger partial charge in [0.15, 0.2) is 0 Å². The van der Waals surface area contributed by atoms with Crippen LogP contribution in [0.1, 0.15) is 38.2 Å². The van der Waals surface area contributed by atoms with Gasteiger partial charge in [-0.1, -0.05) is 6.07 Å². The molecule has 0 radical (unpaired) electrons. The van der Waals surface area contributed by atoms with Crippen molar-refractivity contribution in [2.24, 2.45) is 0 Å². The van der Waals surface area contributed by atoms with E-state index in [2.05, 4.69) is 17.1 Å². The molecule has 0 aromatic heterocycles. The zero-order valence-corrected chi connectivity index (χ0v) is 12.2. The first-order chi connectivity index (χ1) is 9.72. The number of aliphatic hydroxyl groups excluding tert-OH is 1. The van der Waals surface area contributed by atoms with E-state index in [9.17, 15) is 4.39 Å². The lowest BCUT2D eigenvalue weighted by molar-refractivity contribution is 0.276. The van der Waals surface area contributed by atoms with Crippen LogP contribution in [0.15, 0.2) is 18.2 Å². The Bertz CT molecular complexity index is 419. The van der Waals surface area contributed by atoms with Crippen molar-refractivity contribution >= 4 is 5.69 Å². The lowest BCUT2D eigenvalue weighted by atomic mass is 10.1. The Labute approximate surface area is 120 Å². The van der Waals surface area contributed by atoms with Crippen molar-refractivity contribution in [2.75, 3.05) is 24.6 Å². The van der Waals surface area contributed by atoms with E-state index in [1.807, 2.05) is 6.07 Å².